The van der Waals surface area contributed by atoms with Gasteiger partial charge in [0.15, 0.2) is 0 Å². The second-order valence-corrected chi connectivity index (χ2v) is 4.89. The zero-order valence-electron chi connectivity index (χ0n) is 10.7. The van der Waals surface area contributed by atoms with Crippen molar-refractivity contribution in [2.75, 3.05) is 19.6 Å². The van der Waals surface area contributed by atoms with Crippen molar-refractivity contribution in [1.82, 2.24) is 14.7 Å². The number of hydrogen-bond donors (Lipinski definition) is 2. The highest BCUT2D eigenvalue weighted by Crippen LogP contribution is 2.19. The van der Waals surface area contributed by atoms with Crippen molar-refractivity contribution in [3.05, 3.63) is 17.5 Å². The van der Waals surface area contributed by atoms with Crippen LogP contribution in [0.3, 0.4) is 0 Å². The molecule has 1 fully saturated rings. The number of carbonyl (C=O) groups is 1. The summed E-state index contributed by atoms with van der Waals surface area (Å²) in [5.41, 5.74) is 6.74. The minimum atomic E-state index is -0.907. The number of carboxylic acids is 1. The van der Waals surface area contributed by atoms with E-state index in [0.717, 1.165) is 38.2 Å². The van der Waals surface area contributed by atoms with Gasteiger partial charge in [-0.2, -0.15) is 5.10 Å². The molecule has 1 saturated heterocycles. The predicted molar refractivity (Wildman–Crippen MR) is 67.2 cm³/mol. The quantitative estimate of drug-likeness (QED) is 0.804. The summed E-state index contributed by atoms with van der Waals surface area (Å²) in [6.45, 7) is 3.35. The zero-order chi connectivity index (χ0) is 13.1. The molecule has 1 aliphatic rings. The monoisotopic (exact) mass is 252 g/mol. The van der Waals surface area contributed by atoms with E-state index in [1.165, 1.54) is 6.20 Å². The molecule has 0 spiro atoms. The molecule has 1 aliphatic heterocycles. The summed E-state index contributed by atoms with van der Waals surface area (Å²) < 4.78 is 1.65. The fraction of sp³-hybridized carbons (Fsp3) is 0.667. The van der Waals surface area contributed by atoms with Crippen LogP contribution in [0.5, 0.6) is 0 Å². The van der Waals surface area contributed by atoms with Gasteiger partial charge in [-0.05, 0) is 38.4 Å². The lowest BCUT2D eigenvalue weighted by Gasteiger charge is -2.31. The fourth-order valence-electron chi connectivity index (χ4n) is 2.42. The third-order valence-corrected chi connectivity index (χ3v) is 3.71. The Morgan fingerprint density at radius 2 is 2.22 bits per heavy atom. The van der Waals surface area contributed by atoms with Gasteiger partial charge in [0, 0.05) is 13.6 Å². The molecule has 0 aliphatic carbocycles. The molecule has 6 nitrogen and oxygen atoms in total. The van der Waals surface area contributed by atoms with Crippen molar-refractivity contribution in [3.63, 3.8) is 0 Å². The molecule has 0 atom stereocenters. The van der Waals surface area contributed by atoms with Gasteiger partial charge < -0.3 is 10.8 Å². The van der Waals surface area contributed by atoms with Crippen LogP contribution in [0.1, 0.15) is 28.9 Å². The van der Waals surface area contributed by atoms with Crippen LogP contribution < -0.4 is 5.73 Å². The molecule has 0 amide bonds. The maximum atomic E-state index is 11.1. The molecule has 3 N–H and O–H groups in total. The highest BCUT2D eigenvalue weighted by molar-refractivity contribution is 5.88. The van der Waals surface area contributed by atoms with E-state index < -0.39 is 5.97 Å². The molecule has 6 heteroatoms. The van der Waals surface area contributed by atoms with Crippen LogP contribution in [0.4, 0.5) is 0 Å². The van der Waals surface area contributed by atoms with Crippen LogP contribution in [-0.4, -0.2) is 45.4 Å². The second kappa shape index (κ2) is 5.49. The number of aromatic carboxylic acids is 1. The van der Waals surface area contributed by atoms with E-state index in [-0.39, 0.29) is 0 Å². The Hall–Kier alpha value is -1.40. The Morgan fingerprint density at radius 1 is 1.56 bits per heavy atom. The highest BCUT2D eigenvalue weighted by atomic mass is 16.4. The van der Waals surface area contributed by atoms with Gasteiger partial charge in [-0.3, -0.25) is 9.58 Å². The van der Waals surface area contributed by atoms with E-state index in [1.54, 1.807) is 11.7 Å². The molecule has 2 heterocycles. The first kappa shape index (κ1) is 13.0. The van der Waals surface area contributed by atoms with Crippen LogP contribution in [0.15, 0.2) is 6.20 Å². The highest BCUT2D eigenvalue weighted by Gasteiger charge is 2.22. The van der Waals surface area contributed by atoms with E-state index in [0.29, 0.717) is 18.0 Å². The average molecular weight is 252 g/mol. The summed E-state index contributed by atoms with van der Waals surface area (Å²) in [6, 6.07) is 0. The van der Waals surface area contributed by atoms with Crippen LogP contribution >= 0.6 is 0 Å². The van der Waals surface area contributed by atoms with E-state index in [1.807, 2.05) is 0 Å². The first-order valence-corrected chi connectivity index (χ1v) is 6.28. The van der Waals surface area contributed by atoms with E-state index >= 15 is 0 Å². The molecule has 0 saturated carbocycles. The third kappa shape index (κ3) is 2.70. The van der Waals surface area contributed by atoms with Crippen LogP contribution in [0, 0.1) is 5.92 Å². The number of nitrogens with zero attached hydrogens (tertiary/aromatic N) is 3. The van der Waals surface area contributed by atoms with E-state index in [4.69, 9.17) is 10.8 Å². The van der Waals surface area contributed by atoms with E-state index in [9.17, 15) is 4.79 Å². The summed E-state index contributed by atoms with van der Waals surface area (Å²) in [7, 11) is 1.79. The molecule has 0 aromatic carbocycles. The summed E-state index contributed by atoms with van der Waals surface area (Å²) in [5.74, 6) is -0.290. The van der Waals surface area contributed by atoms with E-state index in [2.05, 4.69) is 10.00 Å². The van der Waals surface area contributed by atoms with Gasteiger partial charge in [-0.25, -0.2) is 4.79 Å². The largest absolute Gasteiger partial charge is 0.478 e. The number of likely N-dealkylation sites (tertiary alicyclic amines) is 1. The van der Waals surface area contributed by atoms with Gasteiger partial charge in [0.05, 0.1) is 11.9 Å². The Morgan fingerprint density at radius 3 is 2.78 bits per heavy atom. The van der Waals surface area contributed by atoms with Crippen molar-refractivity contribution >= 4 is 5.97 Å². The summed E-state index contributed by atoms with van der Waals surface area (Å²) in [4.78, 5) is 13.4. The average Bonchev–Trinajstić information content (AvgIpc) is 2.72. The van der Waals surface area contributed by atoms with Crippen molar-refractivity contribution in [1.29, 1.82) is 0 Å². The van der Waals surface area contributed by atoms with Crippen molar-refractivity contribution in [2.45, 2.75) is 19.4 Å². The Labute approximate surface area is 106 Å². The molecular formula is C12H20N4O2. The number of aryl methyl sites for hydroxylation is 1. The third-order valence-electron chi connectivity index (χ3n) is 3.71. The predicted octanol–water partition coefficient (Wildman–Crippen LogP) is 0.289. The topological polar surface area (TPSA) is 84.4 Å². The normalized spacial score (nSPS) is 18.1. The van der Waals surface area contributed by atoms with Gasteiger partial charge in [-0.15, -0.1) is 0 Å². The van der Waals surface area contributed by atoms with Crippen molar-refractivity contribution < 1.29 is 9.90 Å². The molecule has 1 aromatic heterocycles. The SMILES string of the molecule is Cn1ncc(C(=O)O)c1CN1CCC(CN)CC1. The van der Waals surface area contributed by atoms with Gasteiger partial charge in [0.1, 0.15) is 5.56 Å². The van der Waals surface area contributed by atoms with Gasteiger partial charge >= 0.3 is 5.97 Å². The number of hydrogen-bond acceptors (Lipinski definition) is 4. The van der Waals surface area contributed by atoms with Crippen LogP contribution in [-0.2, 0) is 13.6 Å². The summed E-state index contributed by atoms with van der Waals surface area (Å²) >= 11 is 0. The lowest BCUT2D eigenvalue weighted by molar-refractivity contribution is 0.0693. The smallest absolute Gasteiger partial charge is 0.339 e. The lowest BCUT2D eigenvalue weighted by Crippen LogP contribution is -2.36. The first-order valence-electron chi connectivity index (χ1n) is 6.28. The summed E-state index contributed by atoms with van der Waals surface area (Å²) in [5, 5.41) is 13.1. The van der Waals surface area contributed by atoms with Crippen molar-refractivity contribution in [3.8, 4) is 0 Å². The molecular weight excluding hydrogens is 232 g/mol. The Kier molecular flexibility index (Phi) is 3.98. The molecule has 100 valence electrons. The molecule has 1 aromatic rings. The van der Waals surface area contributed by atoms with Crippen molar-refractivity contribution in [2.24, 2.45) is 18.7 Å². The minimum Gasteiger partial charge on any atom is -0.478 e. The molecule has 18 heavy (non-hydrogen) atoms. The molecule has 2 rings (SSSR count). The molecule has 0 bridgehead atoms. The van der Waals surface area contributed by atoms with Crippen LogP contribution in [0.25, 0.3) is 0 Å². The first-order chi connectivity index (χ1) is 8.61. The van der Waals surface area contributed by atoms with Gasteiger partial charge in [0.2, 0.25) is 0 Å². The summed E-state index contributed by atoms with van der Waals surface area (Å²) in [6.07, 6.45) is 3.61. The lowest BCUT2D eigenvalue weighted by atomic mass is 9.97. The Bertz CT molecular complexity index is 422. The van der Waals surface area contributed by atoms with Crippen LogP contribution in [0.2, 0.25) is 0 Å². The van der Waals surface area contributed by atoms with Gasteiger partial charge in [0.25, 0.3) is 0 Å². The standard InChI is InChI=1S/C12H20N4O2/c1-15-11(10(7-14-15)12(17)18)8-16-4-2-9(6-13)3-5-16/h7,9H,2-6,8,13H2,1H3,(H,17,18). The maximum absolute atomic E-state index is 11.1. The Balaban J connectivity index is 2.02. The fourth-order valence-corrected chi connectivity index (χ4v) is 2.42. The van der Waals surface area contributed by atoms with Gasteiger partial charge in [-0.1, -0.05) is 0 Å². The number of rotatable bonds is 4. The number of aromatic nitrogens is 2. The maximum Gasteiger partial charge on any atom is 0.339 e. The zero-order valence-corrected chi connectivity index (χ0v) is 10.7. The molecule has 0 unspecified atom stereocenters. The molecule has 0 radical (unpaired) electrons. The number of piperidine rings is 1. The second-order valence-electron chi connectivity index (χ2n) is 4.89. The number of carboxylic acid groups (broad SMARTS) is 1. The number of nitrogens with two attached hydrogens (primary N) is 1. The minimum absolute atomic E-state index is 0.304.